The van der Waals surface area contributed by atoms with E-state index in [1.807, 2.05) is 0 Å². The number of nitrogens with two attached hydrogens (primary N) is 1. The highest BCUT2D eigenvalue weighted by atomic mass is 19.4. The number of nitrogens with one attached hydrogen (secondary N) is 1. The van der Waals surface area contributed by atoms with E-state index in [0.717, 1.165) is 19.3 Å². The maximum absolute atomic E-state index is 11.9. The Balaban J connectivity index is 1.76. The van der Waals surface area contributed by atoms with Crippen LogP contribution in [0.5, 0.6) is 0 Å². The quantitative estimate of drug-likeness (QED) is 0.530. The van der Waals surface area contributed by atoms with Gasteiger partial charge in [0.15, 0.2) is 0 Å². The molecular formula is C8H13F3N2. The van der Waals surface area contributed by atoms with Gasteiger partial charge in [0.2, 0.25) is 0 Å². The third kappa shape index (κ3) is 1.44. The number of hydrazine groups is 1. The van der Waals surface area contributed by atoms with Gasteiger partial charge in [-0.3, -0.25) is 11.3 Å². The Morgan fingerprint density at radius 2 is 1.77 bits per heavy atom. The van der Waals surface area contributed by atoms with Gasteiger partial charge in [0.05, 0.1) is 0 Å². The van der Waals surface area contributed by atoms with Crippen molar-refractivity contribution >= 4 is 0 Å². The molecule has 0 aromatic rings. The predicted molar refractivity (Wildman–Crippen MR) is 41.6 cm³/mol. The van der Waals surface area contributed by atoms with Gasteiger partial charge in [-0.1, -0.05) is 0 Å². The van der Waals surface area contributed by atoms with E-state index >= 15 is 0 Å². The fraction of sp³-hybridized carbons (Fsp3) is 1.00. The molecule has 0 spiro atoms. The van der Waals surface area contributed by atoms with Crippen LogP contribution in [0.4, 0.5) is 13.2 Å². The molecule has 0 saturated heterocycles. The van der Waals surface area contributed by atoms with E-state index in [1.165, 1.54) is 0 Å². The van der Waals surface area contributed by atoms with Gasteiger partial charge in [-0.2, -0.15) is 13.2 Å². The fourth-order valence-corrected chi connectivity index (χ4v) is 2.82. The molecule has 3 fully saturated rings. The maximum atomic E-state index is 11.9. The molecule has 76 valence electrons. The minimum atomic E-state index is -4.00. The summed E-state index contributed by atoms with van der Waals surface area (Å²) in [6.07, 6.45) is -1.89. The molecule has 3 aliphatic rings. The summed E-state index contributed by atoms with van der Waals surface area (Å²) in [7, 11) is 0. The molecule has 0 atom stereocenters. The van der Waals surface area contributed by atoms with Crippen molar-refractivity contribution in [3.05, 3.63) is 0 Å². The van der Waals surface area contributed by atoms with E-state index in [9.17, 15) is 13.2 Å². The van der Waals surface area contributed by atoms with E-state index in [1.54, 1.807) is 0 Å². The zero-order valence-corrected chi connectivity index (χ0v) is 7.25. The second kappa shape index (κ2) is 2.39. The first kappa shape index (κ1) is 9.27. The molecule has 0 aliphatic heterocycles. The lowest BCUT2D eigenvalue weighted by Crippen LogP contribution is -2.75. The van der Waals surface area contributed by atoms with Crippen LogP contribution < -0.4 is 11.3 Å². The van der Waals surface area contributed by atoms with Gasteiger partial charge in [0.1, 0.15) is 0 Å². The minimum absolute atomic E-state index is 0.00555. The average Bonchev–Trinajstić information content (AvgIpc) is 1.79. The molecule has 0 aromatic carbocycles. The summed E-state index contributed by atoms with van der Waals surface area (Å²) in [6, 6.07) is 0. The zero-order chi connectivity index (χ0) is 9.74. The van der Waals surface area contributed by atoms with E-state index in [-0.39, 0.29) is 17.4 Å². The molecule has 0 aromatic heterocycles. The predicted octanol–water partition coefficient (Wildman–Crippen LogP) is 1.71. The molecule has 0 amide bonds. The van der Waals surface area contributed by atoms with Crippen molar-refractivity contribution in [1.29, 1.82) is 0 Å². The van der Waals surface area contributed by atoms with Crippen LogP contribution in [0.1, 0.15) is 32.1 Å². The topological polar surface area (TPSA) is 38.0 Å². The van der Waals surface area contributed by atoms with Crippen molar-refractivity contribution in [2.75, 3.05) is 0 Å². The Bertz CT molecular complexity index is 204. The lowest BCUT2D eigenvalue weighted by atomic mass is 9.38. The Morgan fingerprint density at radius 3 is 2.15 bits per heavy atom. The lowest BCUT2D eigenvalue weighted by Gasteiger charge is -2.70. The van der Waals surface area contributed by atoms with Crippen LogP contribution in [-0.4, -0.2) is 11.7 Å². The number of halogens is 3. The highest BCUT2D eigenvalue weighted by Crippen LogP contribution is 2.69. The van der Waals surface area contributed by atoms with Gasteiger partial charge in [0, 0.05) is 12.0 Å². The standard InChI is InChI=1S/C8H13F3N2/c9-8(10,11)2-1-6-3-7(4-6,5-6)13-12/h13H,1-5,12H2. The first-order chi connectivity index (χ1) is 5.89. The molecule has 0 unspecified atom stereocenters. The third-order valence-corrected chi connectivity index (χ3v) is 3.39. The summed E-state index contributed by atoms with van der Waals surface area (Å²) in [5.41, 5.74) is 2.66. The SMILES string of the molecule is NNC12CC(CCC(F)(F)F)(C1)C2. The Hall–Kier alpha value is -0.290. The Kier molecular flexibility index (Phi) is 1.70. The Morgan fingerprint density at radius 1 is 1.23 bits per heavy atom. The van der Waals surface area contributed by atoms with Crippen LogP contribution >= 0.6 is 0 Å². The Labute approximate surface area is 74.6 Å². The highest BCUT2D eigenvalue weighted by molar-refractivity contribution is 5.22. The average molecular weight is 194 g/mol. The van der Waals surface area contributed by atoms with Crippen molar-refractivity contribution in [2.45, 2.75) is 43.8 Å². The molecular weight excluding hydrogens is 181 g/mol. The molecule has 2 bridgehead atoms. The van der Waals surface area contributed by atoms with Crippen LogP contribution in [0.15, 0.2) is 0 Å². The number of rotatable bonds is 3. The van der Waals surface area contributed by atoms with Gasteiger partial charge in [-0.25, -0.2) is 0 Å². The number of hydrogen-bond acceptors (Lipinski definition) is 2. The van der Waals surface area contributed by atoms with Gasteiger partial charge in [-0.05, 0) is 31.1 Å². The smallest absolute Gasteiger partial charge is 0.271 e. The van der Waals surface area contributed by atoms with E-state index < -0.39 is 12.6 Å². The maximum Gasteiger partial charge on any atom is 0.389 e. The van der Waals surface area contributed by atoms with Crippen LogP contribution in [0.3, 0.4) is 0 Å². The molecule has 0 heterocycles. The number of hydrogen-bond donors (Lipinski definition) is 2. The normalized spacial score (nSPS) is 42.5. The molecule has 0 radical (unpaired) electrons. The van der Waals surface area contributed by atoms with Gasteiger partial charge >= 0.3 is 6.18 Å². The van der Waals surface area contributed by atoms with Crippen LogP contribution in [-0.2, 0) is 0 Å². The molecule has 3 saturated carbocycles. The second-order valence-electron chi connectivity index (χ2n) is 4.57. The van der Waals surface area contributed by atoms with Crippen molar-refractivity contribution in [1.82, 2.24) is 5.43 Å². The zero-order valence-electron chi connectivity index (χ0n) is 7.25. The monoisotopic (exact) mass is 194 g/mol. The van der Waals surface area contributed by atoms with Crippen LogP contribution in [0, 0.1) is 5.41 Å². The van der Waals surface area contributed by atoms with E-state index in [0.29, 0.717) is 0 Å². The summed E-state index contributed by atoms with van der Waals surface area (Å²) < 4.78 is 35.7. The highest BCUT2D eigenvalue weighted by Gasteiger charge is 2.67. The molecule has 2 nitrogen and oxygen atoms in total. The molecule has 3 aliphatic carbocycles. The first-order valence-electron chi connectivity index (χ1n) is 4.43. The summed E-state index contributed by atoms with van der Waals surface area (Å²) in [5, 5.41) is 0. The summed E-state index contributed by atoms with van der Waals surface area (Å²) in [4.78, 5) is 0. The van der Waals surface area contributed by atoms with Gasteiger partial charge < -0.3 is 0 Å². The number of alkyl halides is 3. The van der Waals surface area contributed by atoms with Gasteiger partial charge in [-0.15, -0.1) is 0 Å². The molecule has 13 heavy (non-hydrogen) atoms. The molecule has 5 heteroatoms. The second-order valence-corrected chi connectivity index (χ2v) is 4.57. The fourth-order valence-electron chi connectivity index (χ4n) is 2.82. The summed E-state index contributed by atoms with van der Waals surface area (Å²) in [6.45, 7) is 0. The third-order valence-electron chi connectivity index (χ3n) is 3.39. The van der Waals surface area contributed by atoms with Crippen molar-refractivity contribution < 1.29 is 13.2 Å². The summed E-state index contributed by atoms with van der Waals surface area (Å²) in [5.74, 6) is 5.27. The first-order valence-corrected chi connectivity index (χ1v) is 4.43. The summed E-state index contributed by atoms with van der Waals surface area (Å²) >= 11 is 0. The van der Waals surface area contributed by atoms with E-state index in [4.69, 9.17) is 5.84 Å². The van der Waals surface area contributed by atoms with Crippen LogP contribution in [0.25, 0.3) is 0 Å². The van der Waals surface area contributed by atoms with Gasteiger partial charge in [0.25, 0.3) is 0 Å². The van der Waals surface area contributed by atoms with Crippen molar-refractivity contribution in [3.63, 3.8) is 0 Å². The van der Waals surface area contributed by atoms with Crippen LogP contribution in [0.2, 0.25) is 0 Å². The minimum Gasteiger partial charge on any atom is -0.271 e. The van der Waals surface area contributed by atoms with Crippen molar-refractivity contribution in [3.8, 4) is 0 Å². The molecule has 3 N–H and O–H groups in total. The lowest BCUT2D eigenvalue weighted by molar-refractivity contribution is -0.192. The largest absolute Gasteiger partial charge is 0.389 e. The van der Waals surface area contributed by atoms with Crippen molar-refractivity contribution in [2.24, 2.45) is 11.3 Å². The van der Waals surface area contributed by atoms with E-state index in [2.05, 4.69) is 5.43 Å². The molecule has 3 rings (SSSR count).